The zero-order valence-corrected chi connectivity index (χ0v) is 11.0. The molecule has 7 heteroatoms. The van der Waals surface area contributed by atoms with Gasteiger partial charge in [-0.05, 0) is 25.0 Å². The van der Waals surface area contributed by atoms with Gasteiger partial charge in [0.1, 0.15) is 5.69 Å². The number of rotatable bonds is 2. The van der Waals surface area contributed by atoms with E-state index in [-0.39, 0.29) is 0 Å². The van der Waals surface area contributed by atoms with Crippen LogP contribution in [0.2, 0.25) is 0 Å². The highest BCUT2D eigenvalue weighted by molar-refractivity contribution is 7.19. The first-order valence-electron chi connectivity index (χ1n) is 6.25. The lowest BCUT2D eigenvalue weighted by molar-refractivity contribution is 0.395. The molecule has 1 fully saturated rings. The number of hydrogen-bond donors (Lipinski definition) is 1. The fourth-order valence-electron chi connectivity index (χ4n) is 2.19. The van der Waals surface area contributed by atoms with Crippen molar-refractivity contribution in [3.05, 3.63) is 24.2 Å². The summed E-state index contributed by atoms with van der Waals surface area (Å²) in [7, 11) is 0. The van der Waals surface area contributed by atoms with E-state index in [1.807, 2.05) is 16.6 Å². The molecule has 0 amide bonds. The molecule has 3 aromatic rings. The van der Waals surface area contributed by atoms with Crippen LogP contribution in [0.1, 0.15) is 31.0 Å². The number of nitrogens with two attached hydrogens (primary N) is 1. The molecule has 0 atom stereocenters. The van der Waals surface area contributed by atoms with Crippen molar-refractivity contribution in [3.8, 4) is 10.7 Å². The highest BCUT2D eigenvalue weighted by Gasteiger charge is 2.26. The summed E-state index contributed by atoms with van der Waals surface area (Å²) in [6, 6.07) is 3.71. The van der Waals surface area contributed by atoms with E-state index in [1.54, 1.807) is 6.20 Å². The Bertz CT molecular complexity index is 724. The van der Waals surface area contributed by atoms with E-state index in [0.717, 1.165) is 21.5 Å². The average molecular weight is 272 g/mol. The second-order valence-electron chi connectivity index (χ2n) is 4.76. The summed E-state index contributed by atoms with van der Waals surface area (Å²) in [5.74, 6) is 1.50. The zero-order chi connectivity index (χ0) is 12.8. The van der Waals surface area contributed by atoms with Crippen LogP contribution in [0.5, 0.6) is 0 Å². The number of hydrogen-bond acceptors (Lipinski definition) is 6. The molecule has 3 aromatic heterocycles. The fraction of sp³-hybridized carbons (Fsp3) is 0.333. The number of anilines is 1. The highest BCUT2D eigenvalue weighted by Crippen LogP contribution is 2.36. The second-order valence-corrected chi connectivity index (χ2v) is 5.72. The van der Waals surface area contributed by atoms with E-state index in [4.69, 9.17) is 5.73 Å². The quantitative estimate of drug-likeness (QED) is 0.772. The lowest BCUT2D eigenvalue weighted by Crippen LogP contribution is -2.13. The van der Waals surface area contributed by atoms with Crippen LogP contribution in [0.25, 0.3) is 15.7 Å². The molecular formula is C12H12N6S. The molecule has 4 rings (SSSR count). The van der Waals surface area contributed by atoms with Crippen LogP contribution >= 0.6 is 11.3 Å². The van der Waals surface area contributed by atoms with Crippen molar-refractivity contribution < 1.29 is 0 Å². The summed E-state index contributed by atoms with van der Waals surface area (Å²) in [4.78, 5) is 5.12. The summed E-state index contributed by atoms with van der Waals surface area (Å²) in [5, 5.41) is 13.9. The van der Waals surface area contributed by atoms with Crippen LogP contribution < -0.4 is 5.73 Å². The largest absolute Gasteiger partial charge is 0.397 e. The van der Waals surface area contributed by atoms with Gasteiger partial charge >= 0.3 is 0 Å². The van der Waals surface area contributed by atoms with Gasteiger partial charge in [0.15, 0.2) is 10.8 Å². The molecule has 0 aromatic carbocycles. The van der Waals surface area contributed by atoms with E-state index in [0.29, 0.717) is 11.6 Å². The number of fused-ring (bicyclic) bond motifs is 1. The van der Waals surface area contributed by atoms with Gasteiger partial charge in [0.05, 0.1) is 11.9 Å². The molecule has 6 nitrogen and oxygen atoms in total. The molecular weight excluding hydrogens is 260 g/mol. The highest BCUT2D eigenvalue weighted by atomic mass is 32.1. The van der Waals surface area contributed by atoms with E-state index in [9.17, 15) is 0 Å². The van der Waals surface area contributed by atoms with E-state index >= 15 is 0 Å². The topological polar surface area (TPSA) is 82.0 Å². The van der Waals surface area contributed by atoms with E-state index < -0.39 is 0 Å². The summed E-state index contributed by atoms with van der Waals surface area (Å²) >= 11 is 1.50. The van der Waals surface area contributed by atoms with Crippen LogP contribution in [-0.4, -0.2) is 24.8 Å². The van der Waals surface area contributed by atoms with Crippen molar-refractivity contribution in [1.29, 1.82) is 0 Å². The average Bonchev–Trinajstić information content (AvgIpc) is 2.90. The normalized spacial score (nSPS) is 15.8. The number of nitrogen functional groups attached to an aromatic ring is 1. The Labute approximate surface area is 113 Å². The number of pyridine rings is 1. The third-order valence-electron chi connectivity index (χ3n) is 3.49. The van der Waals surface area contributed by atoms with Crippen molar-refractivity contribution in [1.82, 2.24) is 24.8 Å². The Morgan fingerprint density at radius 1 is 1.26 bits per heavy atom. The lowest BCUT2D eigenvalue weighted by atomic mass is 9.85. The molecule has 19 heavy (non-hydrogen) atoms. The van der Waals surface area contributed by atoms with Gasteiger partial charge in [0, 0.05) is 5.92 Å². The van der Waals surface area contributed by atoms with Crippen LogP contribution in [0, 0.1) is 0 Å². The minimum absolute atomic E-state index is 0.518. The molecule has 1 aliphatic rings. The first-order chi connectivity index (χ1) is 9.31. The Balaban J connectivity index is 1.79. The second kappa shape index (κ2) is 3.99. The van der Waals surface area contributed by atoms with Crippen molar-refractivity contribution in [2.75, 3.05) is 5.73 Å². The molecule has 1 saturated carbocycles. The minimum Gasteiger partial charge on any atom is -0.397 e. The molecule has 0 unspecified atom stereocenters. The third-order valence-corrected chi connectivity index (χ3v) is 4.41. The van der Waals surface area contributed by atoms with Crippen LogP contribution in [-0.2, 0) is 0 Å². The molecule has 3 heterocycles. The van der Waals surface area contributed by atoms with Crippen molar-refractivity contribution in [3.63, 3.8) is 0 Å². The smallest absolute Gasteiger partial charge is 0.235 e. The molecule has 0 saturated heterocycles. The van der Waals surface area contributed by atoms with Gasteiger partial charge < -0.3 is 5.73 Å². The Morgan fingerprint density at radius 2 is 2.16 bits per heavy atom. The van der Waals surface area contributed by atoms with E-state index in [2.05, 4.69) is 20.3 Å². The van der Waals surface area contributed by atoms with Crippen molar-refractivity contribution in [2.24, 2.45) is 0 Å². The molecule has 2 N–H and O–H groups in total. The van der Waals surface area contributed by atoms with Gasteiger partial charge in [0.2, 0.25) is 4.96 Å². The first kappa shape index (κ1) is 10.9. The zero-order valence-electron chi connectivity index (χ0n) is 10.2. The summed E-state index contributed by atoms with van der Waals surface area (Å²) in [6.45, 7) is 0. The molecule has 0 radical (unpaired) electrons. The van der Waals surface area contributed by atoms with E-state index in [1.165, 1.54) is 30.6 Å². The van der Waals surface area contributed by atoms with Crippen LogP contribution in [0.3, 0.4) is 0 Å². The molecule has 1 aliphatic carbocycles. The van der Waals surface area contributed by atoms with Crippen molar-refractivity contribution in [2.45, 2.75) is 25.2 Å². The maximum atomic E-state index is 5.64. The van der Waals surface area contributed by atoms with Gasteiger partial charge in [-0.15, -0.1) is 10.2 Å². The standard InChI is InChI=1S/C12H12N6S/c13-8-4-5-9(14-6-8)11-17-18-10(7-2-1-3-7)15-16-12(18)19-11/h4-7H,1-3,13H2. The van der Waals surface area contributed by atoms with Gasteiger partial charge in [-0.3, -0.25) is 4.98 Å². The maximum absolute atomic E-state index is 5.64. The van der Waals surface area contributed by atoms with Gasteiger partial charge in [-0.25, -0.2) is 0 Å². The Morgan fingerprint density at radius 3 is 2.84 bits per heavy atom. The SMILES string of the molecule is Nc1ccc(-c2nn3c(C4CCC4)nnc3s2)nc1. The van der Waals surface area contributed by atoms with Crippen LogP contribution in [0.15, 0.2) is 18.3 Å². The third kappa shape index (κ3) is 1.69. The lowest BCUT2D eigenvalue weighted by Gasteiger charge is -2.22. The summed E-state index contributed by atoms with van der Waals surface area (Å²) in [6.07, 6.45) is 5.29. The summed E-state index contributed by atoms with van der Waals surface area (Å²) in [5.41, 5.74) is 7.12. The monoisotopic (exact) mass is 272 g/mol. The Hall–Kier alpha value is -2.02. The molecule has 96 valence electrons. The number of nitrogens with zero attached hydrogens (tertiary/aromatic N) is 5. The Kier molecular flexibility index (Phi) is 2.28. The predicted molar refractivity (Wildman–Crippen MR) is 72.9 cm³/mol. The molecule has 0 aliphatic heterocycles. The molecule has 0 spiro atoms. The number of aromatic nitrogens is 5. The van der Waals surface area contributed by atoms with Gasteiger partial charge in [0.25, 0.3) is 0 Å². The van der Waals surface area contributed by atoms with Gasteiger partial charge in [-0.1, -0.05) is 17.8 Å². The maximum Gasteiger partial charge on any atom is 0.235 e. The minimum atomic E-state index is 0.518. The van der Waals surface area contributed by atoms with Crippen LogP contribution in [0.4, 0.5) is 5.69 Å². The summed E-state index contributed by atoms with van der Waals surface area (Å²) < 4.78 is 1.86. The van der Waals surface area contributed by atoms with Crippen molar-refractivity contribution >= 4 is 22.0 Å². The fourth-order valence-corrected chi connectivity index (χ4v) is 3.01. The van der Waals surface area contributed by atoms with Gasteiger partial charge in [-0.2, -0.15) is 9.61 Å². The first-order valence-corrected chi connectivity index (χ1v) is 7.07. The predicted octanol–water partition coefficient (Wildman–Crippen LogP) is 2.10. The molecule has 0 bridgehead atoms.